The molecule has 0 fully saturated rings. The van der Waals surface area contributed by atoms with Crippen LogP contribution in [0.3, 0.4) is 0 Å². The van der Waals surface area contributed by atoms with E-state index < -0.39 is 0 Å². The van der Waals surface area contributed by atoms with Crippen molar-refractivity contribution in [2.75, 3.05) is 0 Å². The van der Waals surface area contributed by atoms with Crippen LogP contribution in [0.4, 0.5) is 0 Å². The second-order valence-electron chi connectivity index (χ2n) is 9.02. The van der Waals surface area contributed by atoms with Crippen molar-refractivity contribution in [3.63, 3.8) is 0 Å². The molecule has 6 rings (SSSR count). The van der Waals surface area contributed by atoms with Crippen molar-refractivity contribution < 1.29 is 9.53 Å². The molecule has 1 aliphatic rings. The number of aryl methyl sites for hydroxylation is 2. The van der Waals surface area contributed by atoms with Gasteiger partial charge in [0.1, 0.15) is 16.4 Å². The number of nitrogens with zero attached hydrogens (tertiary/aromatic N) is 2. The van der Waals surface area contributed by atoms with Crippen LogP contribution in [0.25, 0.3) is 10.2 Å². The average Bonchev–Trinajstić information content (AvgIpc) is 3.53. The number of ether oxygens (including phenoxy) is 1. The Morgan fingerprint density at radius 2 is 1.84 bits per heavy atom. The van der Waals surface area contributed by atoms with Crippen LogP contribution in [0.1, 0.15) is 38.6 Å². The van der Waals surface area contributed by atoms with Crippen LogP contribution < -0.4 is 10.1 Å². The molecule has 1 aliphatic carbocycles. The van der Waals surface area contributed by atoms with Crippen LogP contribution in [0, 0.1) is 0 Å². The summed E-state index contributed by atoms with van der Waals surface area (Å²) in [6.45, 7) is 0.465. The molecule has 5 aromatic rings. The standard InChI is InChI=1S/C30H24ClN3O2S2/c31-21-12-14-23(15-13-21)37-18-26-33-29(27-24-10-5-11-25(24)38-30(27)34-26)36-22-9-4-8-20(16-22)28(35)32-17-19-6-2-1-3-7-19/h1-4,6-9,12-16H,5,10-11,17-18H2,(H,32,35). The molecule has 3 aromatic carbocycles. The zero-order chi connectivity index (χ0) is 25.9. The molecule has 2 heterocycles. The third-order valence-corrected chi connectivity index (χ3v) is 8.81. The van der Waals surface area contributed by atoms with E-state index in [9.17, 15) is 4.79 Å². The van der Waals surface area contributed by atoms with Crippen molar-refractivity contribution in [2.24, 2.45) is 0 Å². The summed E-state index contributed by atoms with van der Waals surface area (Å²) in [4.78, 5) is 26.0. The summed E-state index contributed by atoms with van der Waals surface area (Å²) < 4.78 is 6.39. The summed E-state index contributed by atoms with van der Waals surface area (Å²) >= 11 is 9.43. The maximum atomic E-state index is 12.8. The molecule has 0 saturated heterocycles. The Kier molecular flexibility index (Phi) is 7.31. The van der Waals surface area contributed by atoms with E-state index in [1.807, 2.05) is 66.7 Å². The highest BCUT2D eigenvalue weighted by molar-refractivity contribution is 7.98. The lowest BCUT2D eigenvalue weighted by Crippen LogP contribution is -2.22. The van der Waals surface area contributed by atoms with Crippen molar-refractivity contribution >= 4 is 50.8 Å². The number of halogens is 1. The van der Waals surface area contributed by atoms with Gasteiger partial charge in [-0.25, -0.2) is 4.98 Å². The minimum absolute atomic E-state index is 0.149. The summed E-state index contributed by atoms with van der Waals surface area (Å²) in [7, 11) is 0. The SMILES string of the molecule is O=C(NCc1ccccc1)c1cccc(Oc2nc(CSc3ccc(Cl)cc3)nc3sc4c(c23)CCC4)c1. The molecule has 190 valence electrons. The zero-order valence-electron chi connectivity index (χ0n) is 20.4. The molecular formula is C30H24ClN3O2S2. The highest BCUT2D eigenvalue weighted by Gasteiger charge is 2.24. The molecule has 0 aliphatic heterocycles. The minimum atomic E-state index is -0.149. The van der Waals surface area contributed by atoms with Gasteiger partial charge in [-0.2, -0.15) is 4.98 Å². The number of fused-ring (bicyclic) bond motifs is 3. The second kappa shape index (κ2) is 11.2. The van der Waals surface area contributed by atoms with E-state index in [0.717, 1.165) is 39.9 Å². The van der Waals surface area contributed by atoms with Gasteiger partial charge in [0.15, 0.2) is 0 Å². The summed E-state index contributed by atoms with van der Waals surface area (Å²) in [6, 6.07) is 24.9. The van der Waals surface area contributed by atoms with Gasteiger partial charge in [-0.3, -0.25) is 4.79 Å². The van der Waals surface area contributed by atoms with Crippen LogP contribution in [0.5, 0.6) is 11.6 Å². The molecule has 38 heavy (non-hydrogen) atoms. The first-order valence-corrected chi connectivity index (χ1v) is 14.6. The van der Waals surface area contributed by atoms with Crippen LogP contribution in [-0.2, 0) is 25.1 Å². The maximum Gasteiger partial charge on any atom is 0.251 e. The van der Waals surface area contributed by atoms with E-state index in [0.29, 0.717) is 40.3 Å². The topological polar surface area (TPSA) is 64.1 Å². The van der Waals surface area contributed by atoms with Gasteiger partial charge in [-0.1, -0.05) is 48.0 Å². The van der Waals surface area contributed by atoms with Crippen molar-refractivity contribution in [3.05, 3.63) is 111 Å². The van der Waals surface area contributed by atoms with Crippen LogP contribution in [-0.4, -0.2) is 15.9 Å². The van der Waals surface area contributed by atoms with Gasteiger partial charge in [0.2, 0.25) is 5.88 Å². The number of benzene rings is 3. The summed E-state index contributed by atoms with van der Waals surface area (Å²) in [6.07, 6.45) is 3.22. The molecule has 1 N–H and O–H groups in total. The maximum absolute atomic E-state index is 12.8. The fourth-order valence-electron chi connectivity index (χ4n) is 4.51. The highest BCUT2D eigenvalue weighted by atomic mass is 35.5. The molecular weight excluding hydrogens is 534 g/mol. The third-order valence-electron chi connectivity index (χ3n) is 6.37. The van der Waals surface area contributed by atoms with E-state index in [2.05, 4.69) is 5.32 Å². The van der Waals surface area contributed by atoms with Gasteiger partial charge in [0, 0.05) is 26.9 Å². The van der Waals surface area contributed by atoms with E-state index in [-0.39, 0.29) is 5.91 Å². The second-order valence-corrected chi connectivity index (χ2v) is 11.6. The largest absolute Gasteiger partial charge is 0.438 e. The number of amides is 1. The Balaban J connectivity index is 1.25. The van der Waals surface area contributed by atoms with Gasteiger partial charge < -0.3 is 10.1 Å². The lowest BCUT2D eigenvalue weighted by atomic mass is 10.1. The number of rotatable bonds is 8. The first-order chi connectivity index (χ1) is 18.6. The average molecular weight is 558 g/mol. The molecule has 8 heteroatoms. The van der Waals surface area contributed by atoms with Crippen molar-refractivity contribution in [2.45, 2.75) is 36.5 Å². The third kappa shape index (κ3) is 5.55. The van der Waals surface area contributed by atoms with Crippen LogP contribution in [0.2, 0.25) is 5.02 Å². The van der Waals surface area contributed by atoms with Crippen molar-refractivity contribution in [1.29, 1.82) is 0 Å². The number of thioether (sulfide) groups is 1. The smallest absolute Gasteiger partial charge is 0.251 e. The number of carbonyl (C=O) groups is 1. The van der Waals surface area contributed by atoms with Gasteiger partial charge in [-0.05, 0) is 72.9 Å². The molecule has 0 radical (unpaired) electrons. The quantitative estimate of drug-likeness (QED) is 0.197. The van der Waals surface area contributed by atoms with Crippen molar-refractivity contribution in [1.82, 2.24) is 15.3 Å². The number of aromatic nitrogens is 2. The predicted molar refractivity (Wildman–Crippen MR) is 155 cm³/mol. The fraction of sp³-hybridized carbons (Fsp3) is 0.167. The predicted octanol–water partition coefficient (Wildman–Crippen LogP) is 7.85. The van der Waals surface area contributed by atoms with Gasteiger partial charge in [0.25, 0.3) is 5.91 Å². The molecule has 1 amide bonds. The molecule has 2 aromatic heterocycles. The minimum Gasteiger partial charge on any atom is -0.438 e. The molecule has 5 nitrogen and oxygen atoms in total. The van der Waals surface area contributed by atoms with Gasteiger partial charge in [0.05, 0.1) is 11.1 Å². The number of carbonyl (C=O) groups excluding carboxylic acids is 1. The highest BCUT2D eigenvalue weighted by Crippen LogP contribution is 2.42. The Hall–Kier alpha value is -3.39. The Morgan fingerprint density at radius 3 is 2.68 bits per heavy atom. The summed E-state index contributed by atoms with van der Waals surface area (Å²) in [5.74, 6) is 2.31. The number of hydrogen-bond donors (Lipinski definition) is 1. The molecule has 0 saturated carbocycles. The molecule has 0 spiro atoms. The lowest BCUT2D eigenvalue weighted by Gasteiger charge is -2.11. The van der Waals surface area contributed by atoms with E-state index in [4.69, 9.17) is 26.3 Å². The van der Waals surface area contributed by atoms with Gasteiger partial charge >= 0.3 is 0 Å². The number of nitrogens with one attached hydrogen (secondary N) is 1. The molecule has 0 bridgehead atoms. The van der Waals surface area contributed by atoms with E-state index >= 15 is 0 Å². The lowest BCUT2D eigenvalue weighted by molar-refractivity contribution is 0.0950. The Labute approximate surface area is 234 Å². The van der Waals surface area contributed by atoms with E-state index in [1.54, 1.807) is 35.2 Å². The first kappa shape index (κ1) is 24.9. The van der Waals surface area contributed by atoms with Crippen LogP contribution >= 0.6 is 34.7 Å². The fourth-order valence-corrected chi connectivity index (χ4v) is 6.66. The van der Waals surface area contributed by atoms with Crippen molar-refractivity contribution in [3.8, 4) is 11.6 Å². The molecule has 0 atom stereocenters. The Bertz CT molecular complexity index is 1600. The number of thiophene rings is 1. The number of hydrogen-bond acceptors (Lipinski definition) is 6. The van der Waals surface area contributed by atoms with Gasteiger partial charge in [-0.15, -0.1) is 23.1 Å². The zero-order valence-corrected chi connectivity index (χ0v) is 22.8. The molecule has 0 unspecified atom stereocenters. The Morgan fingerprint density at radius 1 is 1.00 bits per heavy atom. The van der Waals surface area contributed by atoms with Crippen LogP contribution in [0.15, 0.2) is 83.8 Å². The summed E-state index contributed by atoms with van der Waals surface area (Å²) in [5.41, 5.74) is 2.89. The monoisotopic (exact) mass is 557 g/mol. The first-order valence-electron chi connectivity index (χ1n) is 12.4. The van der Waals surface area contributed by atoms with E-state index in [1.165, 1.54) is 10.4 Å². The normalized spacial score (nSPS) is 12.4. The summed E-state index contributed by atoms with van der Waals surface area (Å²) in [5, 5.41) is 4.70.